The normalized spacial score (nSPS) is 38.7. The van der Waals surface area contributed by atoms with Crippen molar-refractivity contribution in [1.82, 2.24) is 0 Å². The molecule has 5 rings (SSSR count). The maximum Gasteiger partial charge on any atom is 0.119 e. The summed E-state index contributed by atoms with van der Waals surface area (Å²) in [4.78, 5) is 0. The Morgan fingerprint density at radius 2 is 1.60 bits per heavy atom. The number of phenolic OH excluding ortho intramolecular Hbond substituents is 1. The Morgan fingerprint density at radius 3 is 2.20 bits per heavy atom. The molecule has 0 spiro atoms. The van der Waals surface area contributed by atoms with Gasteiger partial charge in [0.25, 0.3) is 0 Å². The van der Waals surface area contributed by atoms with Crippen LogP contribution in [0.15, 0.2) is 36.4 Å². The molecule has 0 unspecified atom stereocenters. The van der Waals surface area contributed by atoms with Gasteiger partial charge in [-0.15, -0.1) is 0 Å². The Balaban J connectivity index is 1.49. The first-order chi connectivity index (χ1) is 9.72. The van der Waals surface area contributed by atoms with Crippen LogP contribution < -0.4 is 0 Å². The van der Waals surface area contributed by atoms with E-state index in [9.17, 15) is 5.11 Å². The number of benzene rings is 1. The largest absolute Gasteiger partial charge is 0.508 e. The second-order valence-corrected chi connectivity index (χ2v) is 7.52. The van der Waals surface area contributed by atoms with E-state index in [4.69, 9.17) is 0 Å². The molecular weight excluding hydrogens is 244 g/mol. The van der Waals surface area contributed by atoms with Gasteiger partial charge in [0.15, 0.2) is 0 Å². The fourth-order valence-electron chi connectivity index (χ4n) is 5.50. The molecule has 4 aliphatic rings. The number of para-hydroxylation sites is 1. The molecule has 4 fully saturated rings. The van der Waals surface area contributed by atoms with Crippen molar-refractivity contribution in [3.8, 4) is 5.75 Å². The monoisotopic (exact) mass is 268 g/mol. The second kappa shape index (κ2) is 4.65. The first kappa shape index (κ1) is 12.5. The van der Waals surface area contributed by atoms with E-state index in [0.29, 0.717) is 11.2 Å². The standard InChI is InChI=1S/C19H24O/c20-18-6-2-1-4-17(18)5-3-7-19-11-14-8-15(12-19)10-16(9-14)13-19/h1-4,6-7,14-16,20H,5,8-13H2/b7-3+. The van der Waals surface area contributed by atoms with Crippen molar-refractivity contribution in [2.75, 3.05) is 0 Å². The minimum absolute atomic E-state index is 0.433. The fourth-order valence-corrected chi connectivity index (χ4v) is 5.50. The van der Waals surface area contributed by atoms with Gasteiger partial charge in [0, 0.05) is 0 Å². The molecule has 1 heteroatoms. The third-order valence-corrected chi connectivity index (χ3v) is 5.89. The Hall–Kier alpha value is -1.24. The Bertz CT molecular complexity index is 493. The summed E-state index contributed by atoms with van der Waals surface area (Å²) in [6.07, 6.45) is 14.5. The van der Waals surface area contributed by atoms with Crippen LogP contribution in [0.1, 0.15) is 44.1 Å². The third-order valence-electron chi connectivity index (χ3n) is 5.89. The van der Waals surface area contributed by atoms with E-state index < -0.39 is 0 Å². The molecule has 4 aliphatic carbocycles. The fraction of sp³-hybridized carbons (Fsp3) is 0.579. The average molecular weight is 268 g/mol. The smallest absolute Gasteiger partial charge is 0.119 e. The minimum Gasteiger partial charge on any atom is -0.508 e. The maximum absolute atomic E-state index is 9.84. The summed E-state index contributed by atoms with van der Waals surface area (Å²) in [6.45, 7) is 0. The molecule has 0 aromatic heterocycles. The molecule has 0 amide bonds. The predicted molar refractivity (Wildman–Crippen MR) is 81.6 cm³/mol. The number of hydrogen-bond donors (Lipinski definition) is 1. The van der Waals surface area contributed by atoms with Gasteiger partial charge in [-0.2, -0.15) is 0 Å². The van der Waals surface area contributed by atoms with Crippen LogP contribution in [0.25, 0.3) is 0 Å². The highest BCUT2D eigenvalue weighted by atomic mass is 16.3. The lowest BCUT2D eigenvalue weighted by molar-refractivity contribution is -0.0238. The lowest BCUT2D eigenvalue weighted by atomic mass is 9.49. The van der Waals surface area contributed by atoms with Crippen LogP contribution in [0.5, 0.6) is 5.75 Å². The van der Waals surface area contributed by atoms with Gasteiger partial charge < -0.3 is 5.11 Å². The highest BCUT2D eigenvalue weighted by molar-refractivity contribution is 5.33. The Kier molecular flexibility index (Phi) is 2.90. The van der Waals surface area contributed by atoms with E-state index in [2.05, 4.69) is 12.2 Å². The van der Waals surface area contributed by atoms with Gasteiger partial charge in [0.05, 0.1) is 0 Å². The lowest BCUT2D eigenvalue weighted by Gasteiger charge is -2.56. The molecule has 1 aromatic rings. The van der Waals surface area contributed by atoms with E-state index >= 15 is 0 Å². The topological polar surface area (TPSA) is 20.2 Å². The van der Waals surface area contributed by atoms with Crippen molar-refractivity contribution in [2.45, 2.75) is 44.9 Å². The van der Waals surface area contributed by atoms with Crippen molar-refractivity contribution in [3.05, 3.63) is 42.0 Å². The van der Waals surface area contributed by atoms with E-state index in [1.54, 1.807) is 6.07 Å². The van der Waals surface area contributed by atoms with E-state index in [0.717, 1.165) is 29.7 Å². The zero-order chi connectivity index (χ0) is 13.6. The van der Waals surface area contributed by atoms with Crippen LogP contribution in [-0.2, 0) is 6.42 Å². The van der Waals surface area contributed by atoms with Crippen molar-refractivity contribution in [2.24, 2.45) is 23.2 Å². The van der Waals surface area contributed by atoms with Gasteiger partial charge in [0.2, 0.25) is 0 Å². The van der Waals surface area contributed by atoms with E-state index in [1.165, 1.54) is 38.5 Å². The summed E-state index contributed by atoms with van der Waals surface area (Å²) in [5.74, 6) is 3.46. The molecule has 0 atom stereocenters. The summed E-state index contributed by atoms with van der Waals surface area (Å²) < 4.78 is 0. The summed E-state index contributed by atoms with van der Waals surface area (Å²) in [5.41, 5.74) is 1.56. The predicted octanol–water partition coefficient (Wildman–Crippen LogP) is 4.71. The summed E-state index contributed by atoms with van der Waals surface area (Å²) in [6, 6.07) is 7.71. The van der Waals surface area contributed by atoms with Gasteiger partial charge >= 0.3 is 0 Å². The Morgan fingerprint density at radius 1 is 1.00 bits per heavy atom. The van der Waals surface area contributed by atoms with Crippen molar-refractivity contribution in [3.63, 3.8) is 0 Å². The third kappa shape index (κ3) is 2.17. The van der Waals surface area contributed by atoms with Crippen LogP contribution in [0.4, 0.5) is 0 Å². The maximum atomic E-state index is 9.84. The highest BCUT2D eigenvalue weighted by Crippen LogP contribution is 2.60. The van der Waals surface area contributed by atoms with Crippen LogP contribution >= 0.6 is 0 Å². The molecular formula is C19H24O. The zero-order valence-corrected chi connectivity index (χ0v) is 12.1. The first-order valence-corrected chi connectivity index (χ1v) is 8.17. The molecule has 1 nitrogen and oxygen atoms in total. The molecule has 20 heavy (non-hydrogen) atoms. The number of hydrogen-bond acceptors (Lipinski definition) is 1. The van der Waals surface area contributed by atoms with Gasteiger partial charge in [0.1, 0.15) is 5.75 Å². The molecule has 0 heterocycles. The number of rotatable bonds is 3. The Labute approximate surface area is 121 Å². The van der Waals surface area contributed by atoms with Crippen LogP contribution in [0.3, 0.4) is 0 Å². The SMILES string of the molecule is Oc1ccccc1C/C=C/C12CC3CC(CC(C3)C1)C2. The highest BCUT2D eigenvalue weighted by Gasteiger charge is 2.49. The molecule has 4 saturated carbocycles. The average Bonchev–Trinajstić information content (AvgIpc) is 2.39. The summed E-state index contributed by atoms with van der Waals surface area (Å²) in [7, 11) is 0. The van der Waals surface area contributed by atoms with E-state index in [-0.39, 0.29) is 0 Å². The molecule has 1 N–H and O–H groups in total. The minimum atomic E-state index is 0.433. The number of allylic oxidation sites excluding steroid dienone is 2. The van der Waals surface area contributed by atoms with Crippen molar-refractivity contribution < 1.29 is 5.11 Å². The lowest BCUT2D eigenvalue weighted by Crippen LogP contribution is -2.44. The molecule has 0 radical (unpaired) electrons. The summed E-state index contributed by atoms with van der Waals surface area (Å²) >= 11 is 0. The first-order valence-electron chi connectivity index (χ1n) is 8.17. The van der Waals surface area contributed by atoms with Gasteiger partial charge in [-0.3, -0.25) is 0 Å². The van der Waals surface area contributed by atoms with Crippen molar-refractivity contribution in [1.29, 1.82) is 0 Å². The van der Waals surface area contributed by atoms with E-state index in [1.807, 2.05) is 18.2 Å². The second-order valence-electron chi connectivity index (χ2n) is 7.52. The summed E-state index contributed by atoms with van der Waals surface area (Å²) in [5, 5.41) is 9.84. The molecule has 106 valence electrons. The number of aromatic hydroxyl groups is 1. The van der Waals surface area contributed by atoms with Crippen LogP contribution in [-0.4, -0.2) is 5.11 Å². The van der Waals surface area contributed by atoms with Gasteiger partial charge in [-0.1, -0.05) is 30.4 Å². The van der Waals surface area contributed by atoms with Crippen LogP contribution in [0, 0.1) is 23.2 Å². The quantitative estimate of drug-likeness (QED) is 0.787. The molecule has 1 aromatic carbocycles. The van der Waals surface area contributed by atoms with Crippen molar-refractivity contribution >= 4 is 0 Å². The molecule has 4 bridgehead atoms. The zero-order valence-electron chi connectivity index (χ0n) is 12.1. The van der Waals surface area contributed by atoms with Crippen LogP contribution in [0.2, 0.25) is 0 Å². The number of phenols is 1. The van der Waals surface area contributed by atoms with Gasteiger partial charge in [-0.25, -0.2) is 0 Å². The molecule has 0 aliphatic heterocycles. The molecule has 0 saturated heterocycles. The van der Waals surface area contributed by atoms with Gasteiger partial charge in [-0.05, 0) is 79.7 Å².